The first-order chi connectivity index (χ1) is 12.2. The van der Waals surface area contributed by atoms with E-state index in [1.165, 1.54) is 20.0 Å². The molecule has 0 bridgehead atoms. The Balaban J connectivity index is 1.68. The molecular formula is C19H24N2O4. The van der Waals surface area contributed by atoms with Gasteiger partial charge in [0.2, 0.25) is 5.89 Å². The fraction of sp³-hybridized carbons (Fsp3) is 0.474. The standard InChI is InChI=1S/C19H24N2O4/c1-24-19(23)15-7-5-14(6-8-15)18-20-16(13-25-18)12-21-10-3-2-4-17(21)9-11-22/h5-8,13,17,22H,2-4,9-12H2,1H3/t17-/m0/s1. The van der Waals surface area contributed by atoms with E-state index in [4.69, 9.17) is 9.15 Å². The zero-order valence-corrected chi connectivity index (χ0v) is 14.5. The minimum Gasteiger partial charge on any atom is -0.465 e. The summed E-state index contributed by atoms with van der Waals surface area (Å²) in [6, 6.07) is 7.42. The monoisotopic (exact) mass is 344 g/mol. The quantitative estimate of drug-likeness (QED) is 0.812. The molecule has 0 saturated carbocycles. The number of carbonyl (C=O) groups is 1. The molecule has 0 unspecified atom stereocenters. The average Bonchev–Trinajstić information content (AvgIpc) is 3.11. The minimum atomic E-state index is -0.361. The maximum Gasteiger partial charge on any atom is 0.337 e. The van der Waals surface area contributed by atoms with Crippen molar-refractivity contribution in [3.05, 3.63) is 41.8 Å². The lowest BCUT2D eigenvalue weighted by atomic mass is 9.99. The van der Waals surface area contributed by atoms with Crippen LogP contribution in [-0.4, -0.2) is 47.3 Å². The summed E-state index contributed by atoms with van der Waals surface area (Å²) in [4.78, 5) is 18.4. The Hall–Kier alpha value is -2.18. The van der Waals surface area contributed by atoms with Crippen molar-refractivity contribution in [2.24, 2.45) is 0 Å². The summed E-state index contributed by atoms with van der Waals surface area (Å²) in [6.45, 7) is 1.98. The van der Waals surface area contributed by atoms with E-state index < -0.39 is 0 Å². The number of oxazole rings is 1. The molecule has 1 aliphatic heterocycles. The van der Waals surface area contributed by atoms with E-state index in [1.54, 1.807) is 30.5 Å². The highest BCUT2D eigenvalue weighted by atomic mass is 16.5. The third-order valence-corrected chi connectivity index (χ3v) is 4.68. The van der Waals surface area contributed by atoms with E-state index in [0.29, 0.717) is 17.5 Å². The van der Waals surface area contributed by atoms with Crippen LogP contribution in [0.5, 0.6) is 0 Å². The second-order valence-electron chi connectivity index (χ2n) is 6.35. The van der Waals surface area contributed by atoms with Gasteiger partial charge in [-0.2, -0.15) is 0 Å². The van der Waals surface area contributed by atoms with Crippen molar-refractivity contribution in [1.29, 1.82) is 0 Å². The number of aromatic nitrogens is 1. The van der Waals surface area contributed by atoms with Gasteiger partial charge in [0.25, 0.3) is 0 Å². The van der Waals surface area contributed by atoms with Crippen molar-refractivity contribution in [2.45, 2.75) is 38.3 Å². The Labute approximate surface area is 147 Å². The van der Waals surface area contributed by atoms with Crippen LogP contribution in [0.25, 0.3) is 11.5 Å². The van der Waals surface area contributed by atoms with Gasteiger partial charge in [-0.1, -0.05) is 6.42 Å². The van der Waals surface area contributed by atoms with Gasteiger partial charge in [0.05, 0.1) is 18.4 Å². The summed E-state index contributed by atoms with van der Waals surface area (Å²) < 4.78 is 10.3. The molecule has 2 heterocycles. The molecular weight excluding hydrogens is 320 g/mol. The number of hydrogen-bond acceptors (Lipinski definition) is 6. The Morgan fingerprint density at radius 2 is 2.16 bits per heavy atom. The van der Waals surface area contributed by atoms with Crippen LogP contribution in [0.15, 0.2) is 34.9 Å². The van der Waals surface area contributed by atoms with Crippen molar-refractivity contribution in [2.75, 3.05) is 20.3 Å². The first kappa shape index (κ1) is 17.6. The summed E-state index contributed by atoms with van der Waals surface area (Å²) in [6.07, 6.45) is 6.02. The molecule has 0 spiro atoms. The molecule has 1 aromatic carbocycles. The molecule has 3 rings (SSSR count). The van der Waals surface area contributed by atoms with Gasteiger partial charge in [-0.15, -0.1) is 0 Å². The first-order valence-corrected chi connectivity index (χ1v) is 8.69. The smallest absolute Gasteiger partial charge is 0.337 e. The van der Waals surface area contributed by atoms with Crippen LogP contribution in [0.1, 0.15) is 41.7 Å². The van der Waals surface area contributed by atoms with E-state index in [0.717, 1.165) is 37.2 Å². The number of aliphatic hydroxyl groups excluding tert-OH is 1. The van der Waals surface area contributed by atoms with Gasteiger partial charge in [-0.25, -0.2) is 9.78 Å². The maximum atomic E-state index is 11.5. The van der Waals surface area contributed by atoms with Crippen molar-refractivity contribution >= 4 is 5.97 Å². The van der Waals surface area contributed by atoms with Crippen LogP contribution < -0.4 is 0 Å². The summed E-state index contributed by atoms with van der Waals surface area (Å²) in [5.74, 6) is 0.182. The second-order valence-corrected chi connectivity index (χ2v) is 6.35. The Bertz CT molecular complexity index is 694. The predicted molar refractivity (Wildman–Crippen MR) is 93.0 cm³/mol. The van der Waals surface area contributed by atoms with Crippen LogP contribution >= 0.6 is 0 Å². The Morgan fingerprint density at radius 3 is 2.88 bits per heavy atom. The molecule has 1 atom stereocenters. The molecule has 1 N–H and O–H groups in total. The van der Waals surface area contributed by atoms with E-state index in [9.17, 15) is 9.90 Å². The number of likely N-dealkylation sites (tertiary alicyclic amines) is 1. The number of ether oxygens (including phenoxy) is 1. The number of rotatable bonds is 6. The number of hydrogen-bond donors (Lipinski definition) is 1. The van der Waals surface area contributed by atoms with Crippen LogP contribution in [0.4, 0.5) is 0 Å². The van der Waals surface area contributed by atoms with Crippen molar-refractivity contribution in [3.8, 4) is 11.5 Å². The third kappa shape index (κ3) is 4.27. The van der Waals surface area contributed by atoms with E-state index >= 15 is 0 Å². The van der Waals surface area contributed by atoms with Crippen molar-refractivity contribution in [3.63, 3.8) is 0 Å². The van der Waals surface area contributed by atoms with Crippen LogP contribution in [0.3, 0.4) is 0 Å². The lowest BCUT2D eigenvalue weighted by Gasteiger charge is -2.34. The summed E-state index contributed by atoms with van der Waals surface area (Å²) in [5.41, 5.74) is 2.21. The summed E-state index contributed by atoms with van der Waals surface area (Å²) in [7, 11) is 1.36. The number of piperidine rings is 1. The number of aliphatic hydroxyl groups is 1. The van der Waals surface area contributed by atoms with E-state index in [-0.39, 0.29) is 12.6 Å². The zero-order valence-electron chi connectivity index (χ0n) is 14.5. The highest BCUT2D eigenvalue weighted by molar-refractivity contribution is 5.89. The highest BCUT2D eigenvalue weighted by Crippen LogP contribution is 2.24. The topological polar surface area (TPSA) is 75.8 Å². The van der Waals surface area contributed by atoms with Gasteiger partial charge < -0.3 is 14.3 Å². The first-order valence-electron chi connectivity index (χ1n) is 8.69. The van der Waals surface area contributed by atoms with Gasteiger partial charge >= 0.3 is 5.97 Å². The fourth-order valence-corrected chi connectivity index (χ4v) is 3.33. The second kappa shape index (κ2) is 8.27. The molecule has 1 aliphatic rings. The molecule has 1 saturated heterocycles. The molecule has 134 valence electrons. The number of nitrogens with zero attached hydrogens (tertiary/aromatic N) is 2. The zero-order chi connectivity index (χ0) is 17.6. The van der Waals surface area contributed by atoms with Crippen LogP contribution in [0.2, 0.25) is 0 Å². The maximum absolute atomic E-state index is 11.5. The molecule has 0 radical (unpaired) electrons. The molecule has 6 nitrogen and oxygen atoms in total. The predicted octanol–water partition coefficient (Wildman–Crippen LogP) is 2.87. The van der Waals surface area contributed by atoms with Gasteiger partial charge in [0.1, 0.15) is 6.26 Å². The molecule has 25 heavy (non-hydrogen) atoms. The van der Waals surface area contributed by atoms with Gasteiger partial charge in [0, 0.05) is 24.8 Å². The van der Waals surface area contributed by atoms with Gasteiger partial charge in [0.15, 0.2) is 0 Å². The van der Waals surface area contributed by atoms with E-state index in [1.807, 2.05) is 0 Å². The lowest BCUT2D eigenvalue weighted by Crippen LogP contribution is -2.39. The SMILES string of the molecule is COC(=O)c1ccc(-c2nc(CN3CCCC[C@H]3CCO)co2)cc1. The van der Waals surface area contributed by atoms with Crippen LogP contribution in [0, 0.1) is 0 Å². The minimum absolute atomic E-state index is 0.220. The van der Waals surface area contributed by atoms with Crippen LogP contribution in [-0.2, 0) is 11.3 Å². The average molecular weight is 344 g/mol. The van der Waals surface area contributed by atoms with Gasteiger partial charge in [-0.05, 0) is 50.1 Å². The normalized spacial score (nSPS) is 18.2. The molecule has 1 aromatic heterocycles. The lowest BCUT2D eigenvalue weighted by molar-refractivity contribution is 0.0600. The highest BCUT2D eigenvalue weighted by Gasteiger charge is 2.23. The number of methoxy groups -OCH3 is 1. The van der Waals surface area contributed by atoms with Crippen molar-refractivity contribution in [1.82, 2.24) is 9.88 Å². The molecule has 0 aliphatic carbocycles. The van der Waals surface area contributed by atoms with Gasteiger partial charge in [-0.3, -0.25) is 4.90 Å². The molecule has 6 heteroatoms. The third-order valence-electron chi connectivity index (χ3n) is 4.68. The largest absolute Gasteiger partial charge is 0.465 e. The summed E-state index contributed by atoms with van der Waals surface area (Å²) in [5, 5.41) is 9.24. The molecule has 0 amide bonds. The fourth-order valence-electron chi connectivity index (χ4n) is 3.33. The number of benzene rings is 1. The Morgan fingerprint density at radius 1 is 1.36 bits per heavy atom. The summed E-state index contributed by atoms with van der Waals surface area (Å²) >= 11 is 0. The molecule has 2 aromatic rings. The Kier molecular flexibility index (Phi) is 5.83. The number of esters is 1. The number of carbonyl (C=O) groups excluding carboxylic acids is 1. The van der Waals surface area contributed by atoms with Crippen molar-refractivity contribution < 1.29 is 19.1 Å². The molecule has 1 fully saturated rings. The van der Waals surface area contributed by atoms with E-state index in [2.05, 4.69) is 9.88 Å².